The maximum absolute atomic E-state index is 11.5. The third-order valence-electron chi connectivity index (χ3n) is 3.31. The number of aryl methyl sites for hydroxylation is 1. The second-order valence-electron chi connectivity index (χ2n) is 4.54. The molecule has 1 rings (SSSR count). The first-order valence-electron chi connectivity index (χ1n) is 5.90. The summed E-state index contributed by atoms with van der Waals surface area (Å²) >= 11 is 4.01. The maximum Gasteiger partial charge on any atom is 0.232 e. The minimum absolute atomic E-state index is 0.0313. The van der Waals surface area contributed by atoms with E-state index in [0.717, 1.165) is 22.4 Å². The van der Waals surface area contributed by atoms with E-state index < -0.39 is 0 Å². The lowest BCUT2D eigenvalue weighted by Crippen LogP contribution is -2.27. The van der Waals surface area contributed by atoms with Gasteiger partial charge < -0.3 is 9.64 Å². The van der Waals surface area contributed by atoms with Crippen LogP contribution in [0.1, 0.15) is 22.3 Å². The van der Waals surface area contributed by atoms with Crippen LogP contribution < -0.4 is 4.74 Å². The zero-order valence-corrected chi connectivity index (χ0v) is 12.6. The highest BCUT2D eigenvalue weighted by molar-refractivity contribution is 7.81. The van der Waals surface area contributed by atoms with Gasteiger partial charge in [-0.2, -0.15) is 12.6 Å². The number of benzene rings is 1. The van der Waals surface area contributed by atoms with Crippen LogP contribution in [-0.2, 0) is 11.3 Å². The van der Waals surface area contributed by atoms with Crippen molar-refractivity contribution in [3.05, 3.63) is 28.3 Å². The van der Waals surface area contributed by atoms with E-state index in [9.17, 15) is 4.79 Å². The summed E-state index contributed by atoms with van der Waals surface area (Å²) in [7, 11) is 3.48. The number of ether oxygens (including phenoxy) is 1. The summed E-state index contributed by atoms with van der Waals surface area (Å²) in [5.41, 5.74) is 4.57. The summed E-state index contributed by atoms with van der Waals surface area (Å²) in [6.45, 7) is 6.74. The summed E-state index contributed by atoms with van der Waals surface area (Å²) in [5.74, 6) is 1.20. The molecule has 0 radical (unpaired) electrons. The van der Waals surface area contributed by atoms with E-state index in [0.29, 0.717) is 6.54 Å². The summed E-state index contributed by atoms with van der Waals surface area (Å²) in [4.78, 5) is 13.2. The summed E-state index contributed by atoms with van der Waals surface area (Å²) in [6.07, 6.45) is 0. The minimum Gasteiger partial charge on any atom is -0.496 e. The molecule has 0 N–H and O–H groups in total. The molecule has 0 saturated heterocycles. The van der Waals surface area contributed by atoms with Crippen molar-refractivity contribution in [2.24, 2.45) is 0 Å². The molecule has 0 aliphatic carbocycles. The molecular formula is C14H21NO2S. The number of rotatable bonds is 4. The molecule has 0 unspecified atom stereocenters. The number of carbonyl (C=O) groups excluding carboxylic acids is 1. The molecule has 1 amide bonds. The number of methoxy groups -OCH3 is 1. The third kappa shape index (κ3) is 2.99. The van der Waals surface area contributed by atoms with Gasteiger partial charge in [0.2, 0.25) is 5.91 Å². The topological polar surface area (TPSA) is 29.5 Å². The first-order chi connectivity index (χ1) is 8.42. The molecule has 0 aliphatic rings. The number of hydrogen-bond donors (Lipinski definition) is 1. The van der Waals surface area contributed by atoms with Crippen LogP contribution in [0.3, 0.4) is 0 Å². The second-order valence-corrected chi connectivity index (χ2v) is 4.86. The largest absolute Gasteiger partial charge is 0.496 e. The van der Waals surface area contributed by atoms with E-state index in [-0.39, 0.29) is 11.7 Å². The van der Waals surface area contributed by atoms with Gasteiger partial charge in [0.25, 0.3) is 0 Å². The van der Waals surface area contributed by atoms with Gasteiger partial charge in [-0.1, -0.05) is 6.07 Å². The van der Waals surface area contributed by atoms with Crippen LogP contribution in [0.25, 0.3) is 0 Å². The Morgan fingerprint density at radius 1 is 1.33 bits per heavy atom. The lowest BCUT2D eigenvalue weighted by molar-refractivity contribution is -0.127. The highest BCUT2D eigenvalue weighted by Gasteiger charge is 2.13. The van der Waals surface area contributed by atoms with Gasteiger partial charge in [0.15, 0.2) is 0 Å². The van der Waals surface area contributed by atoms with Crippen molar-refractivity contribution < 1.29 is 9.53 Å². The molecule has 1 aromatic carbocycles. The fraction of sp³-hybridized carbons (Fsp3) is 0.500. The molecule has 100 valence electrons. The zero-order chi connectivity index (χ0) is 13.9. The Labute approximate surface area is 115 Å². The van der Waals surface area contributed by atoms with Crippen LogP contribution >= 0.6 is 12.6 Å². The van der Waals surface area contributed by atoms with E-state index in [1.807, 2.05) is 13.8 Å². The van der Waals surface area contributed by atoms with Crippen LogP contribution in [0, 0.1) is 20.8 Å². The molecule has 0 bridgehead atoms. The number of carbonyl (C=O) groups is 1. The second kappa shape index (κ2) is 6.14. The number of thiol groups is 1. The number of nitrogens with zero attached hydrogens (tertiary/aromatic N) is 1. The van der Waals surface area contributed by atoms with E-state index >= 15 is 0 Å². The minimum atomic E-state index is 0.0313. The summed E-state index contributed by atoms with van der Waals surface area (Å²) in [5, 5.41) is 0. The molecule has 18 heavy (non-hydrogen) atoms. The number of amides is 1. The van der Waals surface area contributed by atoms with Gasteiger partial charge in [-0.05, 0) is 43.0 Å². The Morgan fingerprint density at radius 3 is 2.44 bits per heavy atom. The van der Waals surface area contributed by atoms with Crippen LogP contribution in [0.4, 0.5) is 0 Å². The highest BCUT2D eigenvalue weighted by Crippen LogP contribution is 2.29. The Hall–Kier alpha value is -1.16. The standard InChI is InChI=1S/C14H21NO2S/c1-9-6-12(7-15(4)13(16)8-18)10(2)11(3)14(9)17-5/h6,18H,7-8H2,1-5H3. The fourth-order valence-electron chi connectivity index (χ4n) is 2.08. The van der Waals surface area contributed by atoms with Crippen LogP contribution in [0.15, 0.2) is 6.07 Å². The smallest absolute Gasteiger partial charge is 0.232 e. The molecule has 0 aliphatic heterocycles. The molecule has 0 spiro atoms. The zero-order valence-electron chi connectivity index (χ0n) is 11.7. The molecule has 0 aromatic heterocycles. The van der Waals surface area contributed by atoms with Gasteiger partial charge in [-0.25, -0.2) is 0 Å². The van der Waals surface area contributed by atoms with Crippen molar-refractivity contribution >= 4 is 18.5 Å². The van der Waals surface area contributed by atoms with Gasteiger partial charge in [0.05, 0.1) is 12.9 Å². The summed E-state index contributed by atoms with van der Waals surface area (Å²) < 4.78 is 5.39. The first kappa shape index (κ1) is 14.9. The Morgan fingerprint density at radius 2 is 1.94 bits per heavy atom. The normalized spacial score (nSPS) is 10.3. The van der Waals surface area contributed by atoms with Crippen molar-refractivity contribution in [2.45, 2.75) is 27.3 Å². The third-order valence-corrected chi connectivity index (χ3v) is 3.58. The molecule has 0 fully saturated rings. The van der Waals surface area contributed by atoms with Gasteiger partial charge in [-0.15, -0.1) is 0 Å². The molecule has 1 aromatic rings. The van der Waals surface area contributed by atoms with E-state index in [2.05, 4.69) is 25.6 Å². The SMILES string of the molecule is COc1c(C)cc(CN(C)C(=O)CS)c(C)c1C. The molecule has 3 nitrogen and oxygen atoms in total. The Bertz CT molecular complexity index is 458. The van der Waals surface area contributed by atoms with Crippen molar-refractivity contribution in [3.63, 3.8) is 0 Å². The quantitative estimate of drug-likeness (QED) is 0.849. The van der Waals surface area contributed by atoms with E-state index in [1.54, 1.807) is 19.1 Å². The van der Waals surface area contributed by atoms with Crippen LogP contribution in [0.5, 0.6) is 5.75 Å². The van der Waals surface area contributed by atoms with Crippen molar-refractivity contribution in [1.82, 2.24) is 4.90 Å². The van der Waals surface area contributed by atoms with Gasteiger partial charge >= 0.3 is 0 Å². The lowest BCUT2D eigenvalue weighted by Gasteiger charge is -2.20. The van der Waals surface area contributed by atoms with Gasteiger partial charge in [0.1, 0.15) is 5.75 Å². The maximum atomic E-state index is 11.5. The van der Waals surface area contributed by atoms with Gasteiger partial charge in [0, 0.05) is 13.6 Å². The molecule has 0 saturated carbocycles. The van der Waals surface area contributed by atoms with E-state index in [4.69, 9.17) is 4.74 Å². The molecule has 4 heteroatoms. The predicted molar refractivity (Wildman–Crippen MR) is 77.5 cm³/mol. The molecule has 0 atom stereocenters. The fourth-order valence-corrected chi connectivity index (χ4v) is 2.33. The molecular weight excluding hydrogens is 246 g/mol. The van der Waals surface area contributed by atoms with Crippen molar-refractivity contribution in [3.8, 4) is 5.75 Å². The lowest BCUT2D eigenvalue weighted by atomic mass is 9.98. The van der Waals surface area contributed by atoms with Crippen molar-refractivity contribution in [1.29, 1.82) is 0 Å². The number of hydrogen-bond acceptors (Lipinski definition) is 3. The average Bonchev–Trinajstić information content (AvgIpc) is 2.35. The average molecular weight is 267 g/mol. The monoisotopic (exact) mass is 267 g/mol. The summed E-state index contributed by atoms with van der Waals surface area (Å²) in [6, 6.07) is 2.09. The van der Waals surface area contributed by atoms with E-state index in [1.165, 1.54) is 5.56 Å². The highest BCUT2D eigenvalue weighted by atomic mass is 32.1. The Kier molecular flexibility index (Phi) is 5.08. The first-order valence-corrected chi connectivity index (χ1v) is 6.54. The van der Waals surface area contributed by atoms with Crippen molar-refractivity contribution in [2.75, 3.05) is 19.9 Å². The Balaban J connectivity index is 3.08. The van der Waals surface area contributed by atoms with Gasteiger partial charge in [-0.3, -0.25) is 4.79 Å². The van der Waals surface area contributed by atoms with Crippen LogP contribution in [0.2, 0.25) is 0 Å². The predicted octanol–water partition coefficient (Wildman–Crippen LogP) is 2.51. The molecule has 0 heterocycles. The van der Waals surface area contributed by atoms with Crippen LogP contribution in [-0.4, -0.2) is 30.7 Å².